The van der Waals surface area contributed by atoms with Crippen molar-refractivity contribution >= 4 is 41.0 Å². The molecule has 30 heavy (non-hydrogen) atoms. The van der Waals surface area contributed by atoms with E-state index in [2.05, 4.69) is 37.4 Å². The van der Waals surface area contributed by atoms with E-state index < -0.39 is 0 Å². The van der Waals surface area contributed by atoms with Gasteiger partial charge in [-0.1, -0.05) is 17.7 Å². The molecule has 3 rings (SSSR count). The molecular weight excluding hydrogens is 418 g/mol. The van der Waals surface area contributed by atoms with E-state index in [0.29, 0.717) is 43.3 Å². The number of hydrogen-bond acceptors (Lipinski definition) is 3. The van der Waals surface area contributed by atoms with E-state index in [1.807, 2.05) is 4.90 Å². The highest BCUT2D eigenvalue weighted by Crippen LogP contribution is 2.22. The van der Waals surface area contributed by atoms with Gasteiger partial charge in [-0.25, -0.2) is 4.79 Å². The number of rotatable bonds is 5. The van der Waals surface area contributed by atoms with Crippen LogP contribution >= 0.6 is 23.4 Å². The van der Waals surface area contributed by atoms with Gasteiger partial charge in [0.05, 0.1) is 0 Å². The number of carbonyl (C=O) groups is 2. The van der Waals surface area contributed by atoms with Crippen LogP contribution in [0.4, 0.5) is 10.5 Å². The third-order valence-electron chi connectivity index (χ3n) is 5.29. The Balaban J connectivity index is 1.44. The van der Waals surface area contributed by atoms with Gasteiger partial charge in [-0.2, -0.15) is 0 Å². The van der Waals surface area contributed by atoms with Crippen LogP contribution in [0, 0.1) is 13.8 Å². The average Bonchev–Trinajstić information content (AvgIpc) is 2.99. The van der Waals surface area contributed by atoms with Gasteiger partial charge in [0, 0.05) is 54.0 Å². The number of halogens is 1. The molecule has 1 aliphatic heterocycles. The first-order chi connectivity index (χ1) is 14.4. The Labute approximate surface area is 187 Å². The summed E-state index contributed by atoms with van der Waals surface area (Å²) in [5.41, 5.74) is 3.27. The van der Waals surface area contributed by atoms with Crippen molar-refractivity contribution in [2.45, 2.75) is 31.6 Å². The minimum Gasteiger partial charge on any atom is -0.341 e. The lowest BCUT2D eigenvalue weighted by Gasteiger charge is -2.22. The molecule has 1 N–H and O–H groups in total. The van der Waals surface area contributed by atoms with Gasteiger partial charge < -0.3 is 15.1 Å². The zero-order valence-corrected chi connectivity index (χ0v) is 19.1. The Bertz CT molecular complexity index is 889. The van der Waals surface area contributed by atoms with Crippen LogP contribution in [0.5, 0.6) is 0 Å². The second-order valence-electron chi connectivity index (χ2n) is 7.50. The Morgan fingerprint density at radius 1 is 0.967 bits per heavy atom. The maximum atomic E-state index is 12.6. The molecule has 1 fully saturated rings. The molecule has 160 valence electrons. The molecule has 0 saturated carbocycles. The molecule has 0 spiro atoms. The normalized spacial score (nSPS) is 14.4. The fourth-order valence-corrected chi connectivity index (χ4v) is 4.39. The van der Waals surface area contributed by atoms with Crippen LogP contribution < -0.4 is 5.32 Å². The van der Waals surface area contributed by atoms with Gasteiger partial charge in [0.2, 0.25) is 5.91 Å². The summed E-state index contributed by atoms with van der Waals surface area (Å²) < 4.78 is 0. The first kappa shape index (κ1) is 22.5. The lowest BCUT2D eigenvalue weighted by molar-refractivity contribution is -0.130. The molecule has 0 unspecified atom stereocenters. The highest BCUT2D eigenvalue weighted by molar-refractivity contribution is 7.99. The number of anilines is 1. The number of nitrogens with one attached hydrogen (secondary N) is 1. The Morgan fingerprint density at radius 2 is 1.67 bits per heavy atom. The van der Waals surface area contributed by atoms with Crippen LogP contribution in [0.3, 0.4) is 0 Å². The molecule has 0 bridgehead atoms. The summed E-state index contributed by atoms with van der Waals surface area (Å²) in [5.74, 6) is 0.921. The minimum atomic E-state index is -0.142. The van der Waals surface area contributed by atoms with E-state index in [0.717, 1.165) is 12.2 Å². The standard InChI is InChI=1S/C23H28ClN3O2S/c1-17-4-9-21(16-18(17)2)30-15-10-22(28)26-11-3-12-27(14-13-26)23(29)25-20-7-5-19(24)6-8-20/h4-9,16H,3,10-15H2,1-2H3,(H,25,29). The Hall–Kier alpha value is -2.18. The summed E-state index contributed by atoms with van der Waals surface area (Å²) in [4.78, 5) is 30.0. The summed E-state index contributed by atoms with van der Waals surface area (Å²) in [5, 5.41) is 3.53. The first-order valence-corrected chi connectivity index (χ1v) is 11.6. The number of hydrogen-bond donors (Lipinski definition) is 1. The quantitative estimate of drug-likeness (QED) is 0.643. The van der Waals surface area contributed by atoms with Crippen molar-refractivity contribution < 1.29 is 9.59 Å². The van der Waals surface area contributed by atoms with E-state index in [4.69, 9.17) is 11.6 Å². The molecule has 0 aliphatic carbocycles. The molecule has 2 aromatic carbocycles. The third-order valence-corrected chi connectivity index (χ3v) is 6.54. The molecule has 5 nitrogen and oxygen atoms in total. The molecule has 7 heteroatoms. The van der Waals surface area contributed by atoms with Crippen LogP contribution in [-0.4, -0.2) is 53.7 Å². The zero-order valence-electron chi connectivity index (χ0n) is 17.5. The van der Waals surface area contributed by atoms with Crippen molar-refractivity contribution in [1.29, 1.82) is 0 Å². The van der Waals surface area contributed by atoms with Crippen molar-refractivity contribution in [3.63, 3.8) is 0 Å². The molecule has 1 saturated heterocycles. The highest BCUT2D eigenvalue weighted by Gasteiger charge is 2.22. The van der Waals surface area contributed by atoms with Gasteiger partial charge >= 0.3 is 6.03 Å². The van der Waals surface area contributed by atoms with Gasteiger partial charge in [0.1, 0.15) is 0 Å². The third kappa shape index (κ3) is 6.41. The lowest BCUT2D eigenvalue weighted by atomic mass is 10.1. The summed E-state index contributed by atoms with van der Waals surface area (Å²) in [6.07, 6.45) is 1.29. The monoisotopic (exact) mass is 445 g/mol. The minimum absolute atomic E-state index is 0.142. The number of thioether (sulfide) groups is 1. The fraction of sp³-hybridized carbons (Fsp3) is 0.391. The van der Waals surface area contributed by atoms with Gasteiger partial charge in [-0.05, 0) is 67.8 Å². The van der Waals surface area contributed by atoms with Gasteiger partial charge in [-0.3, -0.25) is 4.79 Å². The van der Waals surface area contributed by atoms with Crippen molar-refractivity contribution in [2.24, 2.45) is 0 Å². The molecule has 3 amide bonds. The lowest BCUT2D eigenvalue weighted by Crippen LogP contribution is -2.39. The first-order valence-electron chi connectivity index (χ1n) is 10.2. The topological polar surface area (TPSA) is 52.7 Å². The summed E-state index contributed by atoms with van der Waals surface area (Å²) in [7, 11) is 0. The molecule has 2 aromatic rings. The molecule has 0 atom stereocenters. The van der Waals surface area contributed by atoms with Crippen molar-refractivity contribution in [2.75, 3.05) is 37.2 Å². The van der Waals surface area contributed by atoms with Gasteiger partial charge in [0.25, 0.3) is 0 Å². The van der Waals surface area contributed by atoms with E-state index in [1.54, 1.807) is 40.9 Å². The number of benzene rings is 2. The van der Waals surface area contributed by atoms with Crippen LogP contribution in [0.1, 0.15) is 24.0 Å². The SMILES string of the molecule is Cc1ccc(SCCC(=O)N2CCCN(C(=O)Nc3ccc(Cl)cc3)CC2)cc1C. The van der Waals surface area contributed by atoms with E-state index in [9.17, 15) is 9.59 Å². The Kier molecular flexibility index (Phi) is 8.05. The predicted molar refractivity (Wildman–Crippen MR) is 124 cm³/mol. The van der Waals surface area contributed by atoms with Crippen molar-refractivity contribution in [1.82, 2.24) is 9.80 Å². The van der Waals surface area contributed by atoms with Crippen molar-refractivity contribution in [3.8, 4) is 0 Å². The fourth-order valence-electron chi connectivity index (χ4n) is 3.32. The molecule has 1 aliphatic rings. The van der Waals surface area contributed by atoms with E-state index >= 15 is 0 Å². The summed E-state index contributed by atoms with van der Waals surface area (Å²) in [6.45, 7) is 6.65. The summed E-state index contributed by atoms with van der Waals surface area (Å²) in [6, 6.07) is 13.3. The molecular formula is C23H28ClN3O2S. The van der Waals surface area contributed by atoms with Crippen LogP contribution in [0.2, 0.25) is 5.02 Å². The second kappa shape index (κ2) is 10.7. The van der Waals surface area contributed by atoms with Gasteiger partial charge in [0.15, 0.2) is 0 Å². The highest BCUT2D eigenvalue weighted by atomic mass is 35.5. The average molecular weight is 446 g/mol. The largest absolute Gasteiger partial charge is 0.341 e. The molecule has 1 heterocycles. The number of nitrogens with zero attached hydrogens (tertiary/aromatic N) is 2. The number of aryl methyl sites for hydroxylation is 2. The van der Waals surface area contributed by atoms with E-state index in [-0.39, 0.29) is 11.9 Å². The zero-order chi connectivity index (χ0) is 21.5. The number of amides is 3. The number of carbonyl (C=O) groups excluding carboxylic acids is 2. The smallest absolute Gasteiger partial charge is 0.321 e. The van der Waals surface area contributed by atoms with Gasteiger partial charge in [-0.15, -0.1) is 11.8 Å². The summed E-state index contributed by atoms with van der Waals surface area (Å²) >= 11 is 7.60. The predicted octanol–water partition coefficient (Wildman–Crippen LogP) is 5.21. The molecule has 0 radical (unpaired) electrons. The van der Waals surface area contributed by atoms with Crippen LogP contribution in [-0.2, 0) is 4.79 Å². The maximum absolute atomic E-state index is 12.6. The number of urea groups is 1. The van der Waals surface area contributed by atoms with Crippen LogP contribution in [0.25, 0.3) is 0 Å². The van der Waals surface area contributed by atoms with Crippen molar-refractivity contribution in [3.05, 3.63) is 58.6 Å². The maximum Gasteiger partial charge on any atom is 0.321 e. The Morgan fingerprint density at radius 3 is 2.40 bits per heavy atom. The molecule has 0 aromatic heterocycles. The second-order valence-corrected chi connectivity index (χ2v) is 9.11. The van der Waals surface area contributed by atoms with E-state index in [1.165, 1.54) is 16.0 Å². The van der Waals surface area contributed by atoms with Crippen LogP contribution in [0.15, 0.2) is 47.4 Å².